The van der Waals surface area contributed by atoms with Gasteiger partial charge in [-0.2, -0.15) is 0 Å². The Morgan fingerprint density at radius 1 is 1.12 bits per heavy atom. The minimum absolute atomic E-state index is 0.0581. The highest BCUT2D eigenvalue weighted by atomic mass is 32.2. The molecule has 2 N–H and O–H groups in total. The quantitative estimate of drug-likeness (QED) is 0.375. The summed E-state index contributed by atoms with van der Waals surface area (Å²) >= 11 is 1.37. The molecule has 0 unspecified atom stereocenters. The van der Waals surface area contributed by atoms with Crippen LogP contribution in [0.5, 0.6) is 0 Å². The number of amides is 2. The number of benzene rings is 2. The van der Waals surface area contributed by atoms with Crippen LogP contribution in [0.25, 0.3) is 0 Å². The molecule has 11 heteroatoms. The lowest BCUT2D eigenvalue weighted by Crippen LogP contribution is -2.41. The summed E-state index contributed by atoms with van der Waals surface area (Å²) in [7, 11) is -2.48. The van der Waals surface area contributed by atoms with Crippen molar-refractivity contribution in [3.8, 4) is 0 Å². The summed E-state index contributed by atoms with van der Waals surface area (Å²) in [5.41, 5.74) is 0.678. The van der Waals surface area contributed by atoms with Gasteiger partial charge in [0.1, 0.15) is 0 Å². The first-order valence-corrected chi connectivity index (χ1v) is 13.5. The Labute approximate surface area is 204 Å². The fourth-order valence-corrected chi connectivity index (χ4v) is 5.12. The van der Waals surface area contributed by atoms with Crippen LogP contribution < -0.4 is 10.0 Å². The Morgan fingerprint density at radius 3 is 2.56 bits per heavy atom. The van der Waals surface area contributed by atoms with Crippen molar-refractivity contribution in [2.75, 3.05) is 57.5 Å². The van der Waals surface area contributed by atoms with Crippen molar-refractivity contribution < 1.29 is 27.5 Å². The third-order valence-electron chi connectivity index (χ3n) is 5.24. The molecule has 2 aromatic rings. The molecule has 1 aliphatic rings. The second-order valence-electron chi connectivity index (χ2n) is 7.52. The zero-order valence-corrected chi connectivity index (χ0v) is 20.8. The highest BCUT2D eigenvalue weighted by molar-refractivity contribution is 7.98. The lowest BCUT2D eigenvalue weighted by atomic mass is 10.1. The highest BCUT2D eigenvalue weighted by Crippen LogP contribution is 2.27. The number of nitrogens with one attached hydrogen (secondary N) is 2. The number of methoxy groups -OCH3 is 1. The number of hydrogen-bond donors (Lipinski definition) is 2. The molecule has 1 aliphatic heterocycles. The second-order valence-corrected chi connectivity index (χ2v) is 10.1. The van der Waals surface area contributed by atoms with E-state index in [1.54, 1.807) is 36.3 Å². The van der Waals surface area contributed by atoms with Crippen molar-refractivity contribution in [2.24, 2.45) is 0 Å². The molecule has 2 amide bonds. The van der Waals surface area contributed by atoms with Crippen LogP contribution in [0.4, 0.5) is 5.69 Å². The molecule has 0 aliphatic carbocycles. The maximum atomic E-state index is 13.2. The molecule has 0 atom stereocenters. The van der Waals surface area contributed by atoms with Gasteiger partial charge in [0.05, 0.1) is 34.9 Å². The lowest BCUT2D eigenvalue weighted by molar-refractivity contribution is 0.0300. The molecule has 0 radical (unpaired) electrons. The van der Waals surface area contributed by atoms with Gasteiger partial charge in [-0.15, -0.1) is 11.8 Å². The van der Waals surface area contributed by atoms with E-state index in [-0.39, 0.29) is 22.1 Å². The van der Waals surface area contributed by atoms with Gasteiger partial charge >= 0.3 is 0 Å². The van der Waals surface area contributed by atoms with Gasteiger partial charge in [-0.25, -0.2) is 8.42 Å². The SMILES string of the molecule is COCCCNC(=O)c1ccccc1NS(=O)(=O)c1ccc(SC)c(C(=O)N2CCOCC2)c1. The molecule has 0 bridgehead atoms. The zero-order chi connectivity index (χ0) is 24.6. The van der Waals surface area contributed by atoms with Crippen molar-refractivity contribution in [3.63, 3.8) is 0 Å². The Balaban J connectivity index is 1.84. The number of anilines is 1. The van der Waals surface area contributed by atoms with Gasteiger partial charge in [0.2, 0.25) is 0 Å². The molecule has 9 nitrogen and oxygen atoms in total. The zero-order valence-electron chi connectivity index (χ0n) is 19.2. The number of thioether (sulfide) groups is 1. The number of hydrogen-bond acceptors (Lipinski definition) is 7. The van der Waals surface area contributed by atoms with E-state index in [0.717, 1.165) is 0 Å². The fraction of sp³-hybridized carbons (Fsp3) is 0.391. The molecule has 1 saturated heterocycles. The number of rotatable bonds is 10. The summed E-state index contributed by atoms with van der Waals surface area (Å²) in [4.78, 5) is 28.0. The second kappa shape index (κ2) is 12.2. The van der Waals surface area contributed by atoms with Gasteiger partial charge in [0.15, 0.2) is 0 Å². The minimum Gasteiger partial charge on any atom is -0.385 e. The Kier molecular flexibility index (Phi) is 9.34. The summed E-state index contributed by atoms with van der Waals surface area (Å²) in [6, 6.07) is 10.8. The highest BCUT2D eigenvalue weighted by Gasteiger charge is 2.25. The fourth-order valence-electron chi connectivity index (χ4n) is 3.45. The van der Waals surface area contributed by atoms with Crippen molar-refractivity contribution in [3.05, 3.63) is 53.6 Å². The average molecular weight is 508 g/mol. The summed E-state index contributed by atoms with van der Waals surface area (Å²) in [5.74, 6) is -0.629. The van der Waals surface area contributed by atoms with Crippen LogP contribution in [0.3, 0.4) is 0 Å². The first kappa shape index (κ1) is 26.0. The summed E-state index contributed by atoms with van der Waals surface area (Å²) in [5, 5.41) is 2.76. The van der Waals surface area contributed by atoms with Crippen LogP contribution in [-0.4, -0.2) is 78.0 Å². The number of carbonyl (C=O) groups excluding carboxylic acids is 2. The van der Waals surface area contributed by atoms with E-state index in [1.165, 1.54) is 30.0 Å². The van der Waals surface area contributed by atoms with E-state index in [0.29, 0.717) is 56.3 Å². The average Bonchev–Trinajstić information content (AvgIpc) is 2.86. The molecule has 1 fully saturated rings. The predicted octanol–water partition coefficient (Wildman–Crippen LogP) is 2.45. The summed E-state index contributed by atoms with van der Waals surface area (Å²) in [6.07, 6.45) is 2.47. The van der Waals surface area contributed by atoms with E-state index in [2.05, 4.69) is 10.0 Å². The number of para-hydroxylation sites is 1. The number of sulfonamides is 1. The Bertz CT molecular complexity index is 1120. The molecule has 0 spiro atoms. The smallest absolute Gasteiger partial charge is 0.261 e. The van der Waals surface area contributed by atoms with Crippen molar-refractivity contribution in [1.29, 1.82) is 0 Å². The summed E-state index contributed by atoms with van der Waals surface area (Å²) in [6.45, 7) is 2.71. The van der Waals surface area contributed by atoms with Crippen LogP contribution in [0, 0.1) is 0 Å². The minimum atomic E-state index is -4.06. The van der Waals surface area contributed by atoms with Crippen molar-refractivity contribution in [1.82, 2.24) is 10.2 Å². The molecule has 34 heavy (non-hydrogen) atoms. The monoisotopic (exact) mass is 507 g/mol. The van der Waals surface area contributed by atoms with Gasteiger partial charge in [-0.3, -0.25) is 14.3 Å². The first-order valence-electron chi connectivity index (χ1n) is 10.8. The molecular formula is C23H29N3O6S2. The first-order chi connectivity index (χ1) is 16.4. The maximum absolute atomic E-state index is 13.2. The third kappa shape index (κ3) is 6.50. The van der Waals surface area contributed by atoms with Crippen LogP contribution >= 0.6 is 11.8 Å². The topological polar surface area (TPSA) is 114 Å². The third-order valence-corrected chi connectivity index (χ3v) is 7.40. The van der Waals surface area contributed by atoms with Crippen molar-refractivity contribution in [2.45, 2.75) is 16.2 Å². The standard InChI is InChI=1S/C23H29N3O6S2/c1-31-13-5-10-24-22(27)18-6-3-4-7-20(18)25-34(29,30)17-8-9-21(33-2)19(16-17)23(28)26-11-14-32-15-12-26/h3-4,6-9,16,25H,5,10-15H2,1-2H3,(H,24,27). The van der Waals surface area contributed by atoms with E-state index in [9.17, 15) is 18.0 Å². The van der Waals surface area contributed by atoms with Crippen LogP contribution in [-0.2, 0) is 19.5 Å². The van der Waals surface area contributed by atoms with E-state index in [4.69, 9.17) is 9.47 Å². The molecule has 0 saturated carbocycles. The number of nitrogens with zero attached hydrogens (tertiary/aromatic N) is 1. The number of carbonyl (C=O) groups is 2. The molecule has 0 aromatic heterocycles. The normalized spacial score (nSPS) is 14.0. The Hall–Kier alpha value is -2.60. The van der Waals surface area contributed by atoms with E-state index < -0.39 is 15.9 Å². The van der Waals surface area contributed by atoms with Crippen LogP contribution in [0.15, 0.2) is 52.3 Å². The van der Waals surface area contributed by atoms with Gasteiger partial charge in [0, 0.05) is 38.2 Å². The number of ether oxygens (including phenoxy) is 2. The molecule has 1 heterocycles. The number of morpholine rings is 1. The lowest BCUT2D eigenvalue weighted by Gasteiger charge is -2.27. The largest absolute Gasteiger partial charge is 0.385 e. The molecular weight excluding hydrogens is 478 g/mol. The molecule has 184 valence electrons. The Morgan fingerprint density at radius 2 is 1.85 bits per heavy atom. The molecule has 3 rings (SSSR count). The maximum Gasteiger partial charge on any atom is 0.261 e. The van der Waals surface area contributed by atoms with Gasteiger partial charge in [0.25, 0.3) is 21.8 Å². The summed E-state index contributed by atoms with van der Waals surface area (Å²) < 4.78 is 39.2. The van der Waals surface area contributed by atoms with Crippen molar-refractivity contribution >= 4 is 39.3 Å². The van der Waals surface area contributed by atoms with Gasteiger partial charge in [-0.05, 0) is 43.0 Å². The van der Waals surface area contributed by atoms with Gasteiger partial charge in [-0.1, -0.05) is 12.1 Å². The van der Waals surface area contributed by atoms with Gasteiger partial charge < -0.3 is 19.7 Å². The van der Waals surface area contributed by atoms with E-state index in [1.807, 2.05) is 6.26 Å². The van der Waals surface area contributed by atoms with Crippen LogP contribution in [0.1, 0.15) is 27.1 Å². The van der Waals surface area contributed by atoms with E-state index >= 15 is 0 Å². The van der Waals surface area contributed by atoms with Crippen LogP contribution in [0.2, 0.25) is 0 Å². The predicted molar refractivity (Wildman–Crippen MR) is 131 cm³/mol. The molecule has 2 aromatic carbocycles.